The van der Waals surface area contributed by atoms with Gasteiger partial charge in [-0.1, -0.05) is 58.5 Å². The van der Waals surface area contributed by atoms with Crippen molar-refractivity contribution in [2.75, 3.05) is 0 Å². The van der Waals surface area contributed by atoms with Crippen molar-refractivity contribution in [1.82, 2.24) is 0 Å². The van der Waals surface area contributed by atoms with E-state index in [2.05, 4.69) is 4.74 Å². The van der Waals surface area contributed by atoms with Gasteiger partial charge in [-0.15, -0.1) is 0 Å². The zero-order valence-corrected chi connectivity index (χ0v) is 15.2. The summed E-state index contributed by atoms with van der Waals surface area (Å²) in [6.45, 7) is 0.0402. The normalized spacial score (nSPS) is 12.4. The Hall–Kier alpha value is -1.05. The molecule has 1 rings (SSSR count). The molecule has 6 nitrogen and oxygen atoms in total. The summed E-state index contributed by atoms with van der Waals surface area (Å²) in [7, 11) is 0. The Morgan fingerprint density at radius 2 is 1.67 bits per heavy atom. The van der Waals surface area contributed by atoms with Crippen molar-refractivity contribution in [2.45, 2.75) is 29.5 Å². The van der Waals surface area contributed by atoms with E-state index in [1.807, 2.05) is 0 Å². The Balaban J connectivity index is 2.34. The monoisotopic (exact) mass is 415 g/mol. The van der Waals surface area contributed by atoms with E-state index in [9.17, 15) is 14.4 Å². The van der Waals surface area contributed by atoms with Crippen LogP contribution in [0.5, 0.6) is 0 Å². The molecule has 24 heavy (non-hydrogen) atoms. The third-order valence-electron chi connectivity index (χ3n) is 2.67. The summed E-state index contributed by atoms with van der Waals surface area (Å²) in [5, 5.41) is 0.564. The van der Waals surface area contributed by atoms with Crippen molar-refractivity contribution >= 4 is 64.1 Å². The van der Waals surface area contributed by atoms with Crippen LogP contribution in [-0.4, -0.2) is 27.7 Å². The van der Waals surface area contributed by atoms with Crippen molar-refractivity contribution in [3.8, 4) is 0 Å². The highest BCUT2D eigenvalue weighted by atomic mass is 35.6. The van der Waals surface area contributed by atoms with Crippen LogP contribution < -0.4 is 5.73 Å². The van der Waals surface area contributed by atoms with E-state index >= 15 is 0 Å². The standard InChI is InChI=1S/C14H13Cl4NO5/c15-9-3-1-8(2-4-9)7-23-11(21)6-5-10(20)12(19)24-13(22)14(16,17)18/h1-4,12H,5-7,19H2. The third kappa shape index (κ3) is 7.68. The first-order chi connectivity index (χ1) is 11.1. The molecule has 0 amide bonds. The summed E-state index contributed by atoms with van der Waals surface area (Å²) in [5.41, 5.74) is 6.09. The molecular weight excluding hydrogens is 404 g/mol. The predicted octanol–water partition coefficient (Wildman–Crippen LogP) is 2.93. The number of rotatable bonds is 7. The molecule has 1 aromatic carbocycles. The molecule has 10 heteroatoms. The molecular formula is C14H13Cl4NO5. The van der Waals surface area contributed by atoms with Gasteiger partial charge in [-0.05, 0) is 17.7 Å². The van der Waals surface area contributed by atoms with E-state index in [1.165, 1.54) is 0 Å². The van der Waals surface area contributed by atoms with E-state index in [0.717, 1.165) is 5.56 Å². The lowest BCUT2D eigenvalue weighted by Crippen LogP contribution is -2.39. The minimum atomic E-state index is -2.34. The van der Waals surface area contributed by atoms with Gasteiger partial charge in [0.2, 0.25) is 6.23 Å². The molecule has 0 fully saturated rings. The summed E-state index contributed by atoms with van der Waals surface area (Å²) >= 11 is 21.6. The number of alkyl halides is 3. The maximum atomic E-state index is 11.7. The van der Waals surface area contributed by atoms with Gasteiger partial charge in [0.15, 0.2) is 5.78 Å². The Morgan fingerprint density at radius 1 is 1.08 bits per heavy atom. The Bertz CT molecular complexity index is 600. The summed E-state index contributed by atoms with van der Waals surface area (Å²) in [5.74, 6) is -2.60. The first-order valence-corrected chi connectivity index (χ1v) is 8.07. The van der Waals surface area contributed by atoms with Crippen LogP contribution in [0.15, 0.2) is 24.3 Å². The van der Waals surface area contributed by atoms with Gasteiger partial charge in [-0.3, -0.25) is 15.3 Å². The topological polar surface area (TPSA) is 95.7 Å². The fraction of sp³-hybridized carbons (Fsp3) is 0.357. The van der Waals surface area contributed by atoms with E-state index < -0.39 is 27.7 Å². The summed E-state index contributed by atoms with van der Waals surface area (Å²) in [6.07, 6.45) is -2.14. The van der Waals surface area contributed by atoms with E-state index in [0.29, 0.717) is 5.02 Å². The second kappa shape index (κ2) is 9.44. The molecule has 132 valence electrons. The lowest BCUT2D eigenvalue weighted by atomic mass is 10.2. The quantitative estimate of drug-likeness (QED) is 0.417. The second-order valence-corrected chi connectivity index (χ2v) is 7.29. The van der Waals surface area contributed by atoms with Crippen LogP contribution >= 0.6 is 46.4 Å². The number of carbonyl (C=O) groups is 3. The molecule has 0 saturated heterocycles. The van der Waals surface area contributed by atoms with E-state index in [4.69, 9.17) is 56.9 Å². The summed E-state index contributed by atoms with van der Waals surface area (Å²) in [4.78, 5) is 34.5. The number of esters is 2. The van der Waals surface area contributed by atoms with Crippen LogP contribution in [0.3, 0.4) is 0 Å². The number of hydrogen-bond donors (Lipinski definition) is 1. The maximum absolute atomic E-state index is 11.7. The molecule has 2 N–H and O–H groups in total. The molecule has 0 heterocycles. The van der Waals surface area contributed by atoms with E-state index in [1.54, 1.807) is 24.3 Å². The lowest BCUT2D eigenvalue weighted by molar-refractivity contribution is -0.154. The summed E-state index contributed by atoms with van der Waals surface area (Å²) < 4.78 is 7.13. The largest absolute Gasteiger partial charge is 0.461 e. The van der Waals surface area contributed by atoms with Crippen LogP contribution in [0.4, 0.5) is 0 Å². The molecule has 0 bridgehead atoms. The lowest BCUT2D eigenvalue weighted by Gasteiger charge is -2.15. The third-order valence-corrected chi connectivity index (χ3v) is 3.39. The number of carbonyl (C=O) groups excluding carboxylic acids is 3. The zero-order chi connectivity index (χ0) is 18.3. The molecule has 1 atom stereocenters. The minimum Gasteiger partial charge on any atom is -0.461 e. The van der Waals surface area contributed by atoms with Gasteiger partial charge >= 0.3 is 11.9 Å². The van der Waals surface area contributed by atoms with Crippen molar-refractivity contribution in [3.05, 3.63) is 34.9 Å². The number of halogens is 4. The van der Waals surface area contributed by atoms with Crippen molar-refractivity contribution in [2.24, 2.45) is 5.73 Å². The number of ether oxygens (including phenoxy) is 2. The molecule has 0 spiro atoms. The van der Waals surface area contributed by atoms with Crippen LogP contribution in [-0.2, 0) is 30.5 Å². The number of hydrogen-bond acceptors (Lipinski definition) is 6. The number of benzene rings is 1. The Morgan fingerprint density at radius 3 is 2.21 bits per heavy atom. The van der Waals surface area contributed by atoms with E-state index in [-0.39, 0.29) is 19.4 Å². The summed E-state index contributed by atoms with van der Waals surface area (Å²) in [6, 6.07) is 6.72. The van der Waals surface area contributed by atoms with Gasteiger partial charge in [0, 0.05) is 11.4 Å². The number of ketones is 1. The Labute approximate surface area is 158 Å². The predicted molar refractivity (Wildman–Crippen MR) is 89.8 cm³/mol. The van der Waals surface area contributed by atoms with Gasteiger partial charge in [0.05, 0.1) is 6.42 Å². The minimum absolute atomic E-state index is 0.0402. The number of Topliss-reactive ketones (excluding diaryl/α,β-unsaturated/α-hetero) is 1. The first-order valence-electron chi connectivity index (χ1n) is 6.55. The van der Waals surface area contributed by atoms with Gasteiger partial charge in [0.25, 0.3) is 3.79 Å². The van der Waals surface area contributed by atoms with Crippen molar-refractivity contribution in [3.63, 3.8) is 0 Å². The highest BCUT2D eigenvalue weighted by Crippen LogP contribution is 2.27. The maximum Gasteiger partial charge on any atom is 0.360 e. The van der Waals surface area contributed by atoms with Crippen molar-refractivity contribution < 1.29 is 23.9 Å². The molecule has 0 saturated carbocycles. The zero-order valence-electron chi connectivity index (χ0n) is 12.1. The smallest absolute Gasteiger partial charge is 0.360 e. The first kappa shape index (κ1) is 21.0. The average molecular weight is 417 g/mol. The Kier molecular flexibility index (Phi) is 8.26. The fourth-order valence-electron chi connectivity index (χ4n) is 1.43. The highest BCUT2D eigenvalue weighted by Gasteiger charge is 2.35. The van der Waals surface area contributed by atoms with Crippen LogP contribution in [0.1, 0.15) is 18.4 Å². The van der Waals surface area contributed by atoms with Gasteiger partial charge in [-0.2, -0.15) is 0 Å². The molecule has 0 aromatic heterocycles. The van der Waals surface area contributed by atoms with Gasteiger partial charge in [-0.25, -0.2) is 4.79 Å². The highest BCUT2D eigenvalue weighted by molar-refractivity contribution is 6.75. The van der Waals surface area contributed by atoms with Crippen LogP contribution in [0, 0.1) is 0 Å². The molecule has 0 aliphatic heterocycles. The van der Waals surface area contributed by atoms with Gasteiger partial charge in [0.1, 0.15) is 6.61 Å². The number of nitrogens with two attached hydrogens (primary N) is 1. The molecule has 0 radical (unpaired) electrons. The molecule has 0 aliphatic rings. The fourth-order valence-corrected chi connectivity index (χ4v) is 1.69. The second-order valence-electron chi connectivity index (χ2n) is 4.58. The molecule has 1 unspecified atom stereocenters. The molecule has 1 aromatic rings. The van der Waals surface area contributed by atoms with Crippen LogP contribution in [0.25, 0.3) is 0 Å². The molecule has 0 aliphatic carbocycles. The SMILES string of the molecule is NC(OC(=O)C(Cl)(Cl)Cl)C(=O)CCC(=O)OCc1ccc(Cl)cc1. The van der Waals surface area contributed by atoms with Gasteiger partial charge < -0.3 is 9.47 Å². The average Bonchev–Trinajstić information content (AvgIpc) is 2.50. The van der Waals surface area contributed by atoms with Crippen LogP contribution in [0.2, 0.25) is 5.02 Å². The van der Waals surface area contributed by atoms with Crippen molar-refractivity contribution in [1.29, 1.82) is 0 Å².